The first-order valence-corrected chi connectivity index (χ1v) is 10.1. The molecule has 0 unspecified atom stereocenters. The number of carbonyl (C=O) groups is 1. The summed E-state index contributed by atoms with van der Waals surface area (Å²) in [5.74, 6) is 2.20. The first-order valence-electron chi connectivity index (χ1n) is 10.1. The van der Waals surface area contributed by atoms with Crippen LogP contribution in [0.1, 0.15) is 5.56 Å². The van der Waals surface area contributed by atoms with Crippen LogP contribution in [0.4, 0.5) is 0 Å². The number of rotatable bonds is 9. The fraction of sp³-hybridized carbons (Fsp3) is 0.217. The Hall–Kier alpha value is -4.14. The molecule has 0 aliphatic carbocycles. The maximum Gasteiger partial charge on any atom is 0.231 e. The molecule has 2 heterocycles. The van der Waals surface area contributed by atoms with Gasteiger partial charge in [0, 0.05) is 11.6 Å². The highest BCUT2D eigenvalue weighted by molar-refractivity contribution is 5.79. The lowest BCUT2D eigenvalue weighted by Gasteiger charge is -2.10. The SMILES string of the molecule is COc1ccccc1CC(=O)NCCOc1ccc2nnc(-c3ccccc3OC)n2n1. The number of benzene rings is 2. The summed E-state index contributed by atoms with van der Waals surface area (Å²) >= 11 is 0. The Balaban J connectivity index is 1.37. The minimum absolute atomic E-state index is 0.112. The Morgan fingerprint density at radius 1 is 0.938 bits per heavy atom. The smallest absolute Gasteiger partial charge is 0.231 e. The van der Waals surface area contributed by atoms with Gasteiger partial charge in [0.15, 0.2) is 11.5 Å². The van der Waals surface area contributed by atoms with E-state index in [1.54, 1.807) is 30.9 Å². The normalized spacial score (nSPS) is 10.7. The summed E-state index contributed by atoms with van der Waals surface area (Å²) in [5.41, 5.74) is 2.19. The van der Waals surface area contributed by atoms with Gasteiger partial charge in [-0.3, -0.25) is 4.79 Å². The van der Waals surface area contributed by atoms with Gasteiger partial charge >= 0.3 is 0 Å². The lowest BCUT2D eigenvalue weighted by Crippen LogP contribution is -2.29. The number of hydrogen-bond acceptors (Lipinski definition) is 7. The Kier molecular flexibility index (Phi) is 6.45. The van der Waals surface area contributed by atoms with E-state index in [1.807, 2.05) is 48.5 Å². The fourth-order valence-electron chi connectivity index (χ4n) is 3.28. The number of fused-ring (bicyclic) bond motifs is 1. The molecule has 164 valence electrons. The van der Waals surface area contributed by atoms with Crippen molar-refractivity contribution in [3.05, 3.63) is 66.2 Å². The molecule has 0 fully saturated rings. The highest BCUT2D eigenvalue weighted by Crippen LogP contribution is 2.28. The molecule has 0 aliphatic rings. The summed E-state index contributed by atoms with van der Waals surface area (Å²) in [4.78, 5) is 12.2. The van der Waals surface area contributed by atoms with E-state index in [0.717, 1.165) is 11.1 Å². The summed E-state index contributed by atoms with van der Waals surface area (Å²) in [7, 11) is 3.19. The van der Waals surface area contributed by atoms with Crippen LogP contribution in [0, 0.1) is 0 Å². The molecule has 0 aliphatic heterocycles. The van der Waals surface area contributed by atoms with Crippen LogP contribution in [0.15, 0.2) is 60.7 Å². The topological polar surface area (TPSA) is 99.9 Å². The summed E-state index contributed by atoms with van der Waals surface area (Å²) in [5, 5.41) is 15.7. The molecule has 0 radical (unpaired) electrons. The number of nitrogens with one attached hydrogen (secondary N) is 1. The molecule has 2 aromatic heterocycles. The zero-order chi connectivity index (χ0) is 22.3. The van der Waals surface area contributed by atoms with E-state index in [0.29, 0.717) is 35.4 Å². The molecule has 0 bridgehead atoms. The number of para-hydroxylation sites is 2. The van der Waals surface area contributed by atoms with E-state index in [2.05, 4.69) is 20.6 Å². The van der Waals surface area contributed by atoms with Gasteiger partial charge in [-0.2, -0.15) is 4.52 Å². The number of nitrogens with zero attached hydrogens (tertiary/aromatic N) is 4. The zero-order valence-electron chi connectivity index (χ0n) is 17.8. The molecule has 1 amide bonds. The Labute approximate surface area is 185 Å². The molecule has 1 N–H and O–H groups in total. The number of ether oxygens (including phenoxy) is 3. The van der Waals surface area contributed by atoms with Crippen LogP contribution in [-0.2, 0) is 11.2 Å². The third kappa shape index (κ3) is 4.61. The van der Waals surface area contributed by atoms with Gasteiger partial charge in [0.2, 0.25) is 11.8 Å². The molecule has 0 spiro atoms. The van der Waals surface area contributed by atoms with Gasteiger partial charge in [-0.25, -0.2) is 0 Å². The predicted octanol–water partition coefficient (Wildman–Crippen LogP) is 2.55. The number of methoxy groups -OCH3 is 2. The van der Waals surface area contributed by atoms with Gasteiger partial charge in [-0.05, 0) is 24.3 Å². The van der Waals surface area contributed by atoms with Crippen molar-refractivity contribution in [1.29, 1.82) is 0 Å². The van der Waals surface area contributed by atoms with Gasteiger partial charge in [0.1, 0.15) is 18.1 Å². The minimum Gasteiger partial charge on any atom is -0.496 e. The van der Waals surface area contributed by atoms with Crippen molar-refractivity contribution in [2.45, 2.75) is 6.42 Å². The van der Waals surface area contributed by atoms with Crippen LogP contribution in [0.3, 0.4) is 0 Å². The van der Waals surface area contributed by atoms with Crippen LogP contribution in [0.2, 0.25) is 0 Å². The molecule has 2 aromatic carbocycles. The van der Waals surface area contributed by atoms with E-state index < -0.39 is 0 Å². The van der Waals surface area contributed by atoms with Crippen molar-refractivity contribution < 1.29 is 19.0 Å². The first-order chi connectivity index (χ1) is 15.7. The van der Waals surface area contributed by atoms with Crippen LogP contribution in [-0.4, -0.2) is 53.1 Å². The minimum atomic E-state index is -0.112. The van der Waals surface area contributed by atoms with Crippen molar-refractivity contribution in [2.24, 2.45) is 0 Å². The van der Waals surface area contributed by atoms with E-state index >= 15 is 0 Å². The van der Waals surface area contributed by atoms with Gasteiger partial charge in [0.05, 0.1) is 32.7 Å². The molecule has 4 aromatic rings. The standard InChI is InChI=1S/C23H23N5O4/c1-30-18-9-5-3-7-16(18)15-21(29)24-13-14-32-22-12-11-20-25-26-23(28(20)27-22)17-8-4-6-10-19(17)31-2/h3-12H,13-15H2,1-2H3,(H,24,29). The second kappa shape index (κ2) is 9.78. The van der Waals surface area contributed by atoms with Gasteiger partial charge in [-0.1, -0.05) is 30.3 Å². The second-order valence-electron chi connectivity index (χ2n) is 6.85. The van der Waals surface area contributed by atoms with Gasteiger partial charge in [-0.15, -0.1) is 15.3 Å². The molecular formula is C23H23N5O4. The maximum atomic E-state index is 12.2. The van der Waals surface area contributed by atoms with Crippen molar-refractivity contribution in [3.8, 4) is 28.8 Å². The molecule has 9 nitrogen and oxygen atoms in total. The van der Waals surface area contributed by atoms with Crippen LogP contribution in [0.5, 0.6) is 17.4 Å². The van der Waals surface area contributed by atoms with Gasteiger partial charge < -0.3 is 19.5 Å². The first kappa shape index (κ1) is 21.1. The largest absolute Gasteiger partial charge is 0.496 e. The molecule has 0 saturated heterocycles. The van der Waals surface area contributed by atoms with Gasteiger partial charge in [0.25, 0.3) is 0 Å². The van der Waals surface area contributed by atoms with Crippen LogP contribution < -0.4 is 19.5 Å². The second-order valence-corrected chi connectivity index (χ2v) is 6.85. The van der Waals surface area contributed by atoms with Crippen LogP contribution >= 0.6 is 0 Å². The van der Waals surface area contributed by atoms with Crippen molar-refractivity contribution >= 4 is 11.6 Å². The molecule has 4 rings (SSSR count). The summed E-state index contributed by atoms with van der Waals surface area (Å²) in [6, 6.07) is 18.5. The lowest BCUT2D eigenvalue weighted by molar-refractivity contribution is -0.120. The number of aromatic nitrogens is 4. The summed E-state index contributed by atoms with van der Waals surface area (Å²) in [6.07, 6.45) is 0.233. The molecular weight excluding hydrogens is 410 g/mol. The van der Waals surface area contributed by atoms with Crippen molar-refractivity contribution in [3.63, 3.8) is 0 Å². The average molecular weight is 433 g/mol. The van der Waals surface area contributed by atoms with Crippen LogP contribution in [0.25, 0.3) is 17.0 Å². The fourth-order valence-corrected chi connectivity index (χ4v) is 3.28. The molecule has 0 saturated carbocycles. The molecule has 9 heteroatoms. The highest BCUT2D eigenvalue weighted by Gasteiger charge is 2.14. The quantitative estimate of drug-likeness (QED) is 0.405. The monoisotopic (exact) mass is 433 g/mol. The highest BCUT2D eigenvalue weighted by atomic mass is 16.5. The summed E-state index contributed by atoms with van der Waals surface area (Å²) < 4.78 is 18.0. The average Bonchev–Trinajstić information content (AvgIpc) is 3.25. The Morgan fingerprint density at radius 3 is 2.50 bits per heavy atom. The zero-order valence-corrected chi connectivity index (χ0v) is 17.8. The Bertz CT molecular complexity index is 1220. The predicted molar refractivity (Wildman–Crippen MR) is 118 cm³/mol. The number of hydrogen-bond donors (Lipinski definition) is 1. The van der Waals surface area contributed by atoms with E-state index in [-0.39, 0.29) is 18.9 Å². The third-order valence-corrected chi connectivity index (χ3v) is 4.80. The maximum absolute atomic E-state index is 12.2. The van der Waals surface area contributed by atoms with Crippen molar-refractivity contribution in [2.75, 3.05) is 27.4 Å². The Morgan fingerprint density at radius 2 is 1.69 bits per heavy atom. The number of amides is 1. The molecule has 0 atom stereocenters. The van der Waals surface area contributed by atoms with E-state index in [4.69, 9.17) is 14.2 Å². The summed E-state index contributed by atoms with van der Waals surface area (Å²) in [6.45, 7) is 0.609. The van der Waals surface area contributed by atoms with E-state index in [1.165, 1.54) is 0 Å². The lowest BCUT2D eigenvalue weighted by atomic mass is 10.1. The van der Waals surface area contributed by atoms with Crippen molar-refractivity contribution in [1.82, 2.24) is 25.1 Å². The number of carbonyl (C=O) groups excluding carboxylic acids is 1. The van der Waals surface area contributed by atoms with E-state index in [9.17, 15) is 4.79 Å². The third-order valence-electron chi connectivity index (χ3n) is 4.80. The molecule has 32 heavy (non-hydrogen) atoms.